The number of carbonyl (C=O) groups excluding carboxylic acids is 1. The third-order valence-corrected chi connectivity index (χ3v) is 6.66. The average Bonchev–Trinajstić information content (AvgIpc) is 3.38. The normalized spacial score (nSPS) is 21.4. The zero-order valence-corrected chi connectivity index (χ0v) is 20.3. The molecule has 1 aliphatic heterocycles. The van der Waals surface area contributed by atoms with Crippen molar-refractivity contribution in [1.29, 1.82) is 0 Å². The molecule has 2 aromatic heterocycles. The van der Waals surface area contributed by atoms with Gasteiger partial charge in [0.1, 0.15) is 18.5 Å². The van der Waals surface area contributed by atoms with Crippen LogP contribution in [0.1, 0.15) is 17.4 Å². The Bertz CT molecular complexity index is 1370. The van der Waals surface area contributed by atoms with E-state index < -0.39 is 42.2 Å². The van der Waals surface area contributed by atoms with Crippen LogP contribution >= 0.6 is 11.8 Å². The van der Waals surface area contributed by atoms with Gasteiger partial charge in [0.15, 0.2) is 28.4 Å². The van der Waals surface area contributed by atoms with Gasteiger partial charge in [-0.05, 0) is 23.6 Å². The maximum Gasteiger partial charge on any atom is 0.416 e. The summed E-state index contributed by atoms with van der Waals surface area (Å²) in [6.07, 6.45) is -8.08. The Morgan fingerprint density at radius 2 is 2.11 bits per heavy atom. The first-order valence-corrected chi connectivity index (χ1v) is 12.1. The van der Waals surface area contributed by atoms with Gasteiger partial charge in [-0.2, -0.15) is 13.2 Å². The van der Waals surface area contributed by atoms with Crippen LogP contribution in [0.5, 0.6) is 0 Å². The number of hydrogen-bond acceptors (Lipinski definition) is 10. The number of nitrogens with zero attached hydrogens (tertiary/aromatic N) is 7. The zero-order chi connectivity index (χ0) is 27.4. The molecule has 38 heavy (non-hydrogen) atoms. The summed E-state index contributed by atoms with van der Waals surface area (Å²) in [6.45, 7) is -0.126. The lowest BCUT2D eigenvalue weighted by Gasteiger charge is -2.19. The molecule has 1 aromatic carbocycles. The molecule has 1 saturated heterocycles. The molecule has 4 atom stereocenters. The fourth-order valence-electron chi connectivity index (χ4n) is 3.88. The minimum Gasteiger partial charge on any atom is -0.388 e. The van der Waals surface area contributed by atoms with Gasteiger partial charge in [-0.3, -0.25) is 9.36 Å². The molecule has 0 spiro atoms. The molecule has 0 saturated carbocycles. The number of aliphatic hydroxyl groups is 2. The Hall–Kier alpha value is -3.63. The van der Waals surface area contributed by atoms with Gasteiger partial charge in [-0.15, -0.1) is 0 Å². The van der Waals surface area contributed by atoms with Crippen LogP contribution in [0.3, 0.4) is 0 Å². The fourth-order valence-corrected chi connectivity index (χ4v) is 4.73. The van der Waals surface area contributed by atoms with Crippen LogP contribution in [0.4, 0.5) is 19.0 Å². The maximum atomic E-state index is 12.9. The third-order valence-electron chi connectivity index (χ3n) is 5.71. The van der Waals surface area contributed by atoms with Gasteiger partial charge < -0.3 is 26.0 Å². The molecular formula is C21H22F3N9O4S. The van der Waals surface area contributed by atoms with Crippen molar-refractivity contribution in [2.75, 3.05) is 24.6 Å². The van der Waals surface area contributed by atoms with Crippen molar-refractivity contribution < 1.29 is 32.9 Å². The van der Waals surface area contributed by atoms with Crippen LogP contribution in [0.25, 0.3) is 21.6 Å². The minimum absolute atomic E-state index is 0.0415. The molecule has 0 aliphatic carbocycles. The van der Waals surface area contributed by atoms with Gasteiger partial charge in [0.2, 0.25) is 5.91 Å². The zero-order valence-electron chi connectivity index (χ0n) is 19.5. The lowest BCUT2D eigenvalue weighted by atomic mass is 10.1. The number of anilines is 1. The number of halogens is 3. The second-order valence-corrected chi connectivity index (χ2v) is 9.18. The molecule has 202 valence electrons. The number of fused-ring (bicyclic) bond motifs is 1. The first-order chi connectivity index (χ1) is 18.1. The first kappa shape index (κ1) is 27.4. The molecular weight excluding hydrogens is 531 g/mol. The number of ether oxygens (including phenoxy) is 1. The van der Waals surface area contributed by atoms with Crippen molar-refractivity contribution in [2.45, 2.75) is 42.3 Å². The van der Waals surface area contributed by atoms with E-state index in [9.17, 15) is 28.2 Å². The largest absolute Gasteiger partial charge is 0.416 e. The Labute approximate surface area is 216 Å². The number of nitrogens with one attached hydrogen (secondary N) is 1. The highest BCUT2D eigenvalue weighted by Crippen LogP contribution is 2.36. The lowest BCUT2D eigenvalue weighted by Crippen LogP contribution is -2.33. The molecule has 4 rings (SSSR count). The van der Waals surface area contributed by atoms with E-state index in [0.29, 0.717) is 5.56 Å². The van der Waals surface area contributed by atoms with Crippen LogP contribution in [0.2, 0.25) is 0 Å². The number of imidazole rings is 1. The van der Waals surface area contributed by atoms with E-state index in [2.05, 4.69) is 30.3 Å². The summed E-state index contributed by atoms with van der Waals surface area (Å²) in [6, 6.07) is 4.86. The Kier molecular flexibility index (Phi) is 8.23. The standard InChI is InChI=1S/C21H22F3N9O4S/c22-21(23,24)11-3-1-2-10(6-11)4-5-27-13(34)8-38-20-31-14-17(25)28-9-29-18(14)33(20)19-16(36)15(35)12(37-19)7-30-32-26/h1-3,6,9,12,15-16,19,35-36H,4-5,7-8H2,(H,27,34)(H2,25,28,29)/t12-,15-,16-,19-/m1/s1. The number of benzene rings is 1. The summed E-state index contributed by atoms with van der Waals surface area (Å²) in [5, 5.41) is 27.2. The van der Waals surface area contributed by atoms with Crippen molar-refractivity contribution in [3.05, 3.63) is 52.2 Å². The van der Waals surface area contributed by atoms with Gasteiger partial charge in [0.25, 0.3) is 0 Å². The fraction of sp³-hybridized carbons (Fsp3) is 0.429. The summed E-state index contributed by atoms with van der Waals surface area (Å²) in [5.74, 6) is -0.527. The highest BCUT2D eigenvalue weighted by molar-refractivity contribution is 7.99. The Balaban J connectivity index is 1.45. The van der Waals surface area contributed by atoms with Gasteiger partial charge >= 0.3 is 6.18 Å². The predicted molar refractivity (Wildman–Crippen MR) is 129 cm³/mol. The van der Waals surface area contributed by atoms with Crippen LogP contribution in [0.15, 0.2) is 40.9 Å². The van der Waals surface area contributed by atoms with Crippen LogP contribution in [-0.4, -0.2) is 72.8 Å². The van der Waals surface area contributed by atoms with Crippen LogP contribution < -0.4 is 11.1 Å². The number of nitrogen functional groups attached to an aromatic ring is 1. The Morgan fingerprint density at radius 1 is 1.32 bits per heavy atom. The molecule has 0 unspecified atom stereocenters. The highest BCUT2D eigenvalue weighted by atomic mass is 32.2. The van der Waals surface area contributed by atoms with E-state index in [1.165, 1.54) is 17.0 Å². The first-order valence-electron chi connectivity index (χ1n) is 11.2. The number of alkyl halides is 3. The summed E-state index contributed by atoms with van der Waals surface area (Å²) < 4.78 is 45.8. The minimum atomic E-state index is -4.45. The quantitative estimate of drug-likeness (QED) is 0.132. The molecule has 0 bridgehead atoms. The van der Waals surface area contributed by atoms with E-state index in [1.807, 2.05) is 0 Å². The number of azide groups is 1. The molecule has 3 heterocycles. The number of hydrogen-bond donors (Lipinski definition) is 4. The lowest BCUT2D eigenvalue weighted by molar-refractivity contribution is -0.137. The van der Waals surface area contributed by atoms with Crippen molar-refractivity contribution in [2.24, 2.45) is 5.11 Å². The number of thioether (sulfide) groups is 1. The summed E-state index contributed by atoms with van der Waals surface area (Å²) in [4.78, 5) is 27.5. The van der Waals surface area contributed by atoms with E-state index in [1.54, 1.807) is 6.07 Å². The maximum absolute atomic E-state index is 12.9. The monoisotopic (exact) mass is 553 g/mol. The number of aromatic nitrogens is 4. The summed E-state index contributed by atoms with van der Waals surface area (Å²) >= 11 is 0.964. The molecule has 0 radical (unpaired) electrons. The average molecular weight is 554 g/mol. The van der Waals surface area contributed by atoms with E-state index in [-0.39, 0.29) is 47.4 Å². The Morgan fingerprint density at radius 3 is 2.84 bits per heavy atom. The number of aliphatic hydroxyl groups excluding tert-OH is 2. The van der Waals surface area contributed by atoms with Gasteiger partial charge in [-0.1, -0.05) is 35.1 Å². The summed E-state index contributed by atoms with van der Waals surface area (Å²) in [7, 11) is 0. The molecule has 17 heteroatoms. The van der Waals surface area contributed by atoms with Crippen LogP contribution in [0, 0.1) is 0 Å². The molecule has 1 fully saturated rings. The second-order valence-electron chi connectivity index (χ2n) is 8.24. The van der Waals surface area contributed by atoms with Crippen molar-refractivity contribution in [1.82, 2.24) is 24.8 Å². The third kappa shape index (κ3) is 5.92. The van der Waals surface area contributed by atoms with E-state index >= 15 is 0 Å². The molecule has 1 amide bonds. The number of rotatable bonds is 9. The van der Waals surface area contributed by atoms with Crippen molar-refractivity contribution in [3.8, 4) is 0 Å². The topological polar surface area (TPSA) is 197 Å². The van der Waals surface area contributed by atoms with Crippen molar-refractivity contribution in [3.63, 3.8) is 0 Å². The van der Waals surface area contributed by atoms with Gasteiger partial charge in [0, 0.05) is 11.5 Å². The SMILES string of the molecule is [N-]=[N+]=NC[C@H]1O[C@@H](n2c(SCC(=O)NCCc3cccc(C(F)(F)F)c3)nc3c(N)ncnc32)[C@H](O)[C@@H]1O. The highest BCUT2D eigenvalue weighted by Gasteiger charge is 2.45. The summed E-state index contributed by atoms with van der Waals surface area (Å²) in [5.41, 5.74) is 14.5. The molecule has 5 N–H and O–H groups in total. The smallest absolute Gasteiger partial charge is 0.388 e. The van der Waals surface area contributed by atoms with Crippen molar-refractivity contribution >= 4 is 34.7 Å². The predicted octanol–water partition coefficient (Wildman–Crippen LogP) is 1.81. The number of amides is 1. The van der Waals surface area contributed by atoms with Gasteiger partial charge in [-0.25, -0.2) is 15.0 Å². The molecule has 1 aliphatic rings. The number of nitrogens with two attached hydrogens (primary N) is 1. The van der Waals surface area contributed by atoms with Crippen LogP contribution in [-0.2, 0) is 22.1 Å². The molecule has 13 nitrogen and oxygen atoms in total. The van der Waals surface area contributed by atoms with E-state index in [4.69, 9.17) is 16.0 Å². The van der Waals surface area contributed by atoms with E-state index in [0.717, 1.165) is 23.9 Å². The second kappa shape index (κ2) is 11.4. The number of carbonyl (C=O) groups is 1. The van der Waals surface area contributed by atoms with Gasteiger partial charge in [0.05, 0.1) is 24.0 Å². The molecule has 3 aromatic rings.